The molecule has 1 atom stereocenters. The van der Waals surface area contributed by atoms with Crippen LogP contribution in [0.25, 0.3) is 0 Å². The lowest BCUT2D eigenvalue weighted by Gasteiger charge is -2.37. The van der Waals surface area contributed by atoms with Crippen LogP contribution in [0.4, 0.5) is 0 Å². The van der Waals surface area contributed by atoms with Crippen molar-refractivity contribution in [1.29, 1.82) is 0 Å². The highest BCUT2D eigenvalue weighted by atomic mass is 28.4. The van der Waals surface area contributed by atoms with Crippen molar-refractivity contribution in [3.05, 3.63) is 12.2 Å². The molecule has 0 aliphatic rings. The second-order valence-electron chi connectivity index (χ2n) is 8.87. The zero-order valence-electron chi connectivity index (χ0n) is 14.8. The van der Waals surface area contributed by atoms with Gasteiger partial charge >= 0.3 is 0 Å². The molecule has 114 valence electrons. The third kappa shape index (κ3) is 8.10. The Morgan fingerprint density at radius 3 is 1.95 bits per heavy atom. The summed E-state index contributed by atoms with van der Waals surface area (Å²) in [7, 11) is -2.59. The molecule has 0 fully saturated rings. The number of rotatable bonds is 7. The lowest BCUT2D eigenvalue weighted by molar-refractivity contribution is 0.237. The second-order valence-corrected chi connectivity index (χ2v) is 19.2. The van der Waals surface area contributed by atoms with Gasteiger partial charge in [-0.25, -0.2) is 0 Å². The zero-order chi connectivity index (χ0) is 15.5. The molecule has 0 saturated carbocycles. The Labute approximate surface area is 124 Å². The first kappa shape index (κ1) is 19.1. The van der Waals surface area contributed by atoms with Crippen LogP contribution in [0.15, 0.2) is 12.2 Å². The number of allylic oxidation sites excluding steroid dienone is 1. The van der Waals surface area contributed by atoms with E-state index >= 15 is 0 Å². The van der Waals surface area contributed by atoms with Crippen molar-refractivity contribution in [2.45, 2.75) is 77.9 Å². The van der Waals surface area contributed by atoms with Crippen molar-refractivity contribution in [2.24, 2.45) is 5.92 Å². The Kier molecular flexibility index (Phi) is 6.77. The maximum absolute atomic E-state index is 6.30. The molecule has 0 unspecified atom stereocenters. The summed E-state index contributed by atoms with van der Waals surface area (Å²) in [5.41, 5.74) is 1.42. The molecule has 0 amide bonds. The number of hydrogen-bond donors (Lipinski definition) is 0. The van der Waals surface area contributed by atoms with Crippen molar-refractivity contribution in [1.82, 2.24) is 0 Å². The molecule has 19 heavy (non-hydrogen) atoms. The highest BCUT2D eigenvalue weighted by Crippen LogP contribution is 2.37. The van der Waals surface area contributed by atoms with Crippen molar-refractivity contribution < 1.29 is 4.43 Å². The summed E-state index contributed by atoms with van der Waals surface area (Å²) in [6.07, 6.45) is 1.12. The molecule has 0 heterocycles. The summed E-state index contributed by atoms with van der Waals surface area (Å²) < 4.78 is 6.30. The lowest BCUT2D eigenvalue weighted by Crippen LogP contribution is -2.41. The predicted molar refractivity (Wildman–Crippen MR) is 94.2 cm³/mol. The van der Waals surface area contributed by atoms with Crippen molar-refractivity contribution in [2.75, 3.05) is 6.61 Å². The van der Waals surface area contributed by atoms with Crippen molar-refractivity contribution in [3.63, 3.8) is 0 Å². The third-order valence-electron chi connectivity index (χ3n) is 3.95. The van der Waals surface area contributed by atoms with Crippen LogP contribution in [0.2, 0.25) is 43.8 Å². The van der Waals surface area contributed by atoms with Crippen LogP contribution >= 0.6 is 0 Å². The average molecular weight is 301 g/mol. The molecule has 0 N–H and O–H groups in total. The molecule has 0 bridgehead atoms. The minimum atomic E-state index is -1.59. The van der Waals surface area contributed by atoms with Gasteiger partial charge in [0.05, 0.1) is 0 Å². The molecule has 0 saturated heterocycles. The van der Waals surface area contributed by atoms with Gasteiger partial charge < -0.3 is 4.43 Å². The van der Waals surface area contributed by atoms with Crippen molar-refractivity contribution >= 4 is 16.4 Å². The van der Waals surface area contributed by atoms with Gasteiger partial charge in [0.2, 0.25) is 0 Å². The van der Waals surface area contributed by atoms with E-state index in [1.165, 1.54) is 11.6 Å². The Bertz CT molecular complexity index is 295. The van der Waals surface area contributed by atoms with E-state index in [0.717, 1.165) is 13.0 Å². The molecule has 0 aliphatic heterocycles. The van der Waals surface area contributed by atoms with Gasteiger partial charge in [-0.1, -0.05) is 52.9 Å². The van der Waals surface area contributed by atoms with Crippen LogP contribution in [0.3, 0.4) is 0 Å². The van der Waals surface area contributed by atoms with E-state index in [1.807, 2.05) is 0 Å². The van der Waals surface area contributed by atoms with Gasteiger partial charge in [0.25, 0.3) is 0 Å². The average Bonchev–Trinajstić information content (AvgIpc) is 2.09. The molecule has 0 spiro atoms. The van der Waals surface area contributed by atoms with E-state index < -0.39 is 16.4 Å². The zero-order valence-corrected chi connectivity index (χ0v) is 16.8. The van der Waals surface area contributed by atoms with E-state index in [0.29, 0.717) is 11.0 Å². The minimum Gasteiger partial charge on any atom is -0.417 e. The molecule has 0 aromatic rings. The molecular formula is C16H36OSi2. The first-order valence-electron chi connectivity index (χ1n) is 7.55. The van der Waals surface area contributed by atoms with E-state index in [4.69, 9.17) is 4.43 Å². The third-order valence-corrected chi connectivity index (χ3v) is 10.0. The first-order chi connectivity index (χ1) is 8.24. The lowest BCUT2D eigenvalue weighted by atomic mass is 10.0. The summed E-state index contributed by atoms with van der Waals surface area (Å²) in [6.45, 7) is 26.2. The van der Waals surface area contributed by atoms with Crippen LogP contribution in [-0.4, -0.2) is 23.0 Å². The highest BCUT2D eigenvalue weighted by molar-refractivity contribution is 6.76. The maximum atomic E-state index is 6.30. The van der Waals surface area contributed by atoms with E-state index in [2.05, 4.69) is 67.0 Å². The summed E-state index contributed by atoms with van der Waals surface area (Å²) in [4.78, 5) is 0. The Morgan fingerprint density at radius 1 is 1.11 bits per heavy atom. The molecule has 1 nitrogen and oxygen atoms in total. The molecular weight excluding hydrogens is 264 g/mol. The summed E-state index contributed by atoms with van der Waals surface area (Å²) in [5.74, 6) is 0.595. The minimum absolute atomic E-state index is 0.308. The predicted octanol–water partition coefficient (Wildman–Crippen LogP) is 5.93. The van der Waals surface area contributed by atoms with Crippen LogP contribution < -0.4 is 0 Å². The molecule has 3 heteroatoms. The summed E-state index contributed by atoms with van der Waals surface area (Å²) in [6, 6.07) is 1.25. The fourth-order valence-electron chi connectivity index (χ4n) is 1.94. The van der Waals surface area contributed by atoms with Gasteiger partial charge in [-0.05, 0) is 36.5 Å². The largest absolute Gasteiger partial charge is 0.417 e. The first-order valence-corrected chi connectivity index (χ1v) is 14.2. The molecule has 0 aromatic heterocycles. The van der Waals surface area contributed by atoms with Gasteiger partial charge in [0.1, 0.15) is 0 Å². The standard InChI is InChI=1S/C16H36OSi2/c1-14(11-15(2)13-18(6,7)8)12-17-19(9,10)16(3,4)5/h14H,2,11-13H2,1,3-10H3/t14-/m0/s1. The van der Waals surface area contributed by atoms with Gasteiger partial charge in [0, 0.05) is 14.7 Å². The smallest absolute Gasteiger partial charge is 0.191 e. The summed E-state index contributed by atoms with van der Waals surface area (Å²) in [5, 5.41) is 0.308. The SMILES string of the molecule is C=C(C[C@H](C)CO[Si](C)(C)C(C)(C)C)C[Si](C)(C)C. The summed E-state index contributed by atoms with van der Waals surface area (Å²) >= 11 is 0. The van der Waals surface area contributed by atoms with Gasteiger partial charge in [-0.3, -0.25) is 0 Å². The fraction of sp³-hybridized carbons (Fsp3) is 0.875. The topological polar surface area (TPSA) is 9.23 Å². The fourth-order valence-corrected chi connectivity index (χ4v) is 4.72. The maximum Gasteiger partial charge on any atom is 0.191 e. The van der Waals surface area contributed by atoms with E-state index in [-0.39, 0.29) is 0 Å². The molecule has 0 aliphatic carbocycles. The Morgan fingerprint density at radius 2 is 1.58 bits per heavy atom. The van der Waals surface area contributed by atoms with Crippen LogP contribution in [-0.2, 0) is 4.43 Å². The molecule has 0 rings (SSSR count). The molecule has 0 aromatic carbocycles. The Hall–Kier alpha value is 0.134. The molecule has 0 radical (unpaired) electrons. The van der Waals surface area contributed by atoms with E-state index in [1.54, 1.807) is 0 Å². The number of hydrogen-bond acceptors (Lipinski definition) is 1. The second kappa shape index (κ2) is 6.73. The highest BCUT2D eigenvalue weighted by Gasteiger charge is 2.37. The Balaban J connectivity index is 4.20. The van der Waals surface area contributed by atoms with Crippen LogP contribution in [0.1, 0.15) is 34.1 Å². The normalized spacial score (nSPS) is 15.4. The van der Waals surface area contributed by atoms with Gasteiger partial charge in [-0.15, -0.1) is 6.58 Å². The van der Waals surface area contributed by atoms with Crippen LogP contribution in [0.5, 0.6) is 0 Å². The van der Waals surface area contributed by atoms with Crippen LogP contribution in [0, 0.1) is 5.92 Å². The van der Waals surface area contributed by atoms with Crippen molar-refractivity contribution in [3.8, 4) is 0 Å². The van der Waals surface area contributed by atoms with E-state index in [9.17, 15) is 0 Å². The van der Waals surface area contributed by atoms with Gasteiger partial charge in [0.15, 0.2) is 8.32 Å². The van der Waals surface area contributed by atoms with Gasteiger partial charge in [-0.2, -0.15) is 0 Å². The quantitative estimate of drug-likeness (QED) is 0.418. The monoisotopic (exact) mass is 300 g/mol.